The molecule has 0 heterocycles. The van der Waals surface area contributed by atoms with Gasteiger partial charge in [0, 0.05) is 11.3 Å². The normalized spacial score (nSPS) is 10.4. The molecular formula is C17H13NO2. The van der Waals surface area contributed by atoms with E-state index in [1.54, 1.807) is 24.3 Å². The summed E-state index contributed by atoms with van der Waals surface area (Å²) in [4.78, 5) is 12.1. The molecule has 0 radical (unpaired) electrons. The Morgan fingerprint density at radius 2 is 1.60 bits per heavy atom. The predicted octanol–water partition coefficient (Wildman–Crippen LogP) is 3.80. The van der Waals surface area contributed by atoms with E-state index in [0.717, 1.165) is 10.8 Å². The molecule has 2 N–H and O–H groups in total. The first-order valence-electron chi connectivity index (χ1n) is 6.31. The Morgan fingerprint density at radius 3 is 2.40 bits per heavy atom. The Bertz CT molecular complexity index is 766. The minimum Gasteiger partial charge on any atom is -0.508 e. The molecule has 98 valence electrons. The number of phenols is 1. The van der Waals surface area contributed by atoms with E-state index in [0.29, 0.717) is 11.3 Å². The zero-order chi connectivity index (χ0) is 13.9. The van der Waals surface area contributed by atoms with Crippen LogP contribution < -0.4 is 5.32 Å². The molecule has 20 heavy (non-hydrogen) atoms. The van der Waals surface area contributed by atoms with Gasteiger partial charge in [0.15, 0.2) is 0 Å². The highest BCUT2D eigenvalue weighted by Crippen LogP contribution is 2.23. The van der Waals surface area contributed by atoms with Crippen molar-refractivity contribution in [3.63, 3.8) is 0 Å². The van der Waals surface area contributed by atoms with Crippen LogP contribution in [0.2, 0.25) is 0 Å². The number of aromatic hydroxyl groups is 1. The van der Waals surface area contributed by atoms with Crippen molar-refractivity contribution in [2.75, 3.05) is 5.32 Å². The summed E-state index contributed by atoms with van der Waals surface area (Å²) in [6.07, 6.45) is 0. The molecule has 0 saturated heterocycles. The molecule has 0 spiro atoms. The molecule has 0 bridgehead atoms. The standard InChI is InChI=1S/C17H13NO2/c19-16-9-7-12-6-8-15(10-14(12)11-16)18-17(20)13-4-2-1-3-5-13/h1-11,19H,(H,18,20). The maximum Gasteiger partial charge on any atom is 0.255 e. The molecule has 3 rings (SSSR count). The fourth-order valence-electron chi connectivity index (χ4n) is 2.10. The number of carbonyl (C=O) groups excluding carboxylic acids is 1. The summed E-state index contributed by atoms with van der Waals surface area (Å²) in [5.41, 5.74) is 1.32. The third-order valence-electron chi connectivity index (χ3n) is 3.12. The smallest absolute Gasteiger partial charge is 0.255 e. The number of hydrogen-bond acceptors (Lipinski definition) is 2. The van der Waals surface area contributed by atoms with E-state index in [9.17, 15) is 9.90 Å². The van der Waals surface area contributed by atoms with Crippen molar-refractivity contribution in [1.82, 2.24) is 0 Å². The van der Waals surface area contributed by atoms with Gasteiger partial charge in [-0.15, -0.1) is 0 Å². The number of rotatable bonds is 2. The van der Waals surface area contributed by atoms with E-state index in [1.165, 1.54) is 0 Å². The van der Waals surface area contributed by atoms with Crippen LogP contribution in [0.5, 0.6) is 5.75 Å². The van der Waals surface area contributed by atoms with Crippen molar-refractivity contribution in [1.29, 1.82) is 0 Å². The van der Waals surface area contributed by atoms with Crippen LogP contribution in [-0.2, 0) is 0 Å². The molecule has 0 aromatic heterocycles. The van der Waals surface area contributed by atoms with Gasteiger partial charge in [-0.25, -0.2) is 0 Å². The van der Waals surface area contributed by atoms with Gasteiger partial charge in [-0.2, -0.15) is 0 Å². The van der Waals surface area contributed by atoms with E-state index in [1.807, 2.05) is 42.5 Å². The van der Waals surface area contributed by atoms with Crippen LogP contribution in [-0.4, -0.2) is 11.0 Å². The molecule has 0 unspecified atom stereocenters. The maximum absolute atomic E-state index is 12.1. The van der Waals surface area contributed by atoms with Gasteiger partial charge in [-0.3, -0.25) is 4.79 Å². The van der Waals surface area contributed by atoms with E-state index < -0.39 is 0 Å². The second-order valence-corrected chi connectivity index (χ2v) is 4.57. The van der Waals surface area contributed by atoms with Crippen LogP contribution in [0.4, 0.5) is 5.69 Å². The fraction of sp³-hybridized carbons (Fsp3) is 0. The molecule has 0 aliphatic rings. The molecule has 0 aliphatic heterocycles. The second kappa shape index (κ2) is 5.05. The topological polar surface area (TPSA) is 49.3 Å². The van der Waals surface area contributed by atoms with Crippen molar-refractivity contribution in [2.24, 2.45) is 0 Å². The highest BCUT2D eigenvalue weighted by atomic mass is 16.3. The van der Waals surface area contributed by atoms with Crippen LogP contribution in [0.25, 0.3) is 10.8 Å². The first kappa shape index (κ1) is 12.2. The lowest BCUT2D eigenvalue weighted by Crippen LogP contribution is -2.11. The molecule has 3 aromatic carbocycles. The number of phenolic OH excluding ortho intramolecular Hbond substituents is 1. The molecule has 0 saturated carbocycles. The van der Waals surface area contributed by atoms with Gasteiger partial charge in [-0.05, 0) is 47.2 Å². The molecule has 0 aliphatic carbocycles. The average molecular weight is 263 g/mol. The third-order valence-corrected chi connectivity index (χ3v) is 3.12. The molecule has 0 atom stereocenters. The molecule has 3 nitrogen and oxygen atoms in total. The van der Waals surface area contributed by atoms with Crippen molar-refractivity contribution in [3.05, 3.63) is 72.3 Å². The number of anilines is 1. The Balaban J connectivity index is 1.89. The highest BCUT2D eigenvalue weighted by Gasteiger charge is 2.05. The molecule has 3 aromatic rings. The number of benzene rings is 3. The third kappa shape index (κ3) is 2.47. The minimum absolute atomic E-state index is 0.148. The van der Waals surface area contributed by atoms with E-state index in [2.05, 4.69) is 5.32 Å². The Hall–Kier alpha value is -2.81. The first-order chi connectivity index (χ1) is 9.72. The van der Waals surface area contributed by atoms with E-state index in [4.69, 9.17) is 0 Å². The van der Waals surface area contributed by atoms with Crippen LogP contribution in [0, 0.1) is 0 Å². The maximum atomic E-state index is 12.1. The van der Waals surface area contributed by atoms with Gasteiger partial charge in [0.2, 0.25) is 0 Å². The monoisotopic (exact) mass is 263 g/mol. The number of carbonyl (C=O) groups is 1. The lowest BCUT2D eigenvalue weighted by Gasteiger charge is -2.07. The molecular weight excluding hydrogens is 250 g/mol. The Kier molecular flexibility index (Phi) is 3.09. The quantitative estimate of drug-likeness (QED) is 0.738. The van der Waals surface area contributed by atoms with Crippen LogP contribution in [0.3, 0.4) is 0 Å². The number of nitrogens with one attached hydrogen (secondary N) is 1. The van der Waals surface area contributed by atoms with Crippen LogP contribution in [0.15, 0.2) is 66.7 Å². The fourth-order valence-corrected chi connectivity index (χ4v) is 2.10. The lowest BCUT2D eigenvalue weighted by molar-refractivity contribution is 0.102. The summed E-state index contributed by atoms with van der Waals surface area (Å²) < 4.78 is 0. The summed E-state index contributed by atoms with van der Waals surface area (Å²) in [5.74, 6) is 0.0640. The molecule has 0 fully saturated rings. The molecule has 1 amide bonds. The van der Waals surface area contributed by atoms with Gasteiger partial charge in [-0.1, -0.05) is 30.3 Å². The number of hydrogen-bond donors (Lipinski definition) is 2. The average Bonchev–Trinajstić information content (AvgIpc) is 2.47. The van der Waals surface area contributed by atoms with Gasteiger partial charge in [0.1, 0.15) is 5.75 Å². The Labute approximate surface area is 116 Å². The summed E-state index contributed by atoms with van der Waals surface area (Å²) in [5, 5.41) is 14.2. The van der Waals surface area contributed by atoms with Crippen molar-refractivity contribution in [3.8, 4) is 5.75 Å². The Morgan fingerprint density at radius 1 is 0.850 bits per heavy atom. The number of amides is 1. The minimum atomic E-state index is -0.148. The largest absolute Gasteiger partial charge is 0.508 e. The number of fused-ring (bicyclic) bond motifs is 1. The van der Waals surface area contributed by atoms with Gasteiger partial charge >= 0.3 is 0 Å². The van der Waals surface area contributed by atoms with Crippen molar-refractivity contribution >= 4 is 22.4 Å². The molecule has 3 heteroatoms. The van der Waals surface area contributed by atoms with Gasteiger partial charge in [0.25, 0.3) is 5.91 Å². The summed E-state index contributed by atoms with van der Waals surface area (Å²) in [6, 6.07) is 19.8. The van der Waals surface area contributed by atoms with Crippen molar-refractivity contribution < 1.29 is 9.90 Å². The summed E-state index contributed by atoms with van der Waals surface area (Å²) in [6.45, 7) is 0. The zero-order valence-electron chi connectivity index (χ0n) is 10.7. The second-order valence-electron chi connectivity index (χ2n) is 4.57. The van der Waals surface area contributed by atoms with Crippen molar-refractivity contribution in [2.45, 2.75) is 0 Å². The van der Waals surface area contributed by atoms with E-state index >= 15 is 0 Å². The van der Waals surface area contributed by atoms with E-state index in [-0.39, 0.29) is 11.7 Å². The van der Waals surface area contributed by atoms with Crippen LogP contribution >= 0.6 is 0 Å². The first-order valence-corrected chi connectivity index (χ1v) is 6.31. The van der Waals surface area contributed by atoms with Crippen LogP contribution in [0.1, 0.15) is 10.4 Å². The summed E-state index contributed by atoms with van der Waals surface area (Å²) >= 11 is 0. The lowest BCUT2D eigenvalue weighted by atomic mass is 10.1. The SMILES string of the molecule is O=C(Nc1ccc2ccc(O)cc2c1)c1ccccc1. The van der Waals surface area contributed by atoms with Gasteiger partial charge < -0.3 is 10.4 Å². The summed E-state index contributed by atoms with van der Waals surface area (Å²) in [7, 11) is 0. The van der Waals surface area contributed by atoms with Gasteiger partial charge in [0.05, 0.1) is 0 Å². The highest BCUT2D eigenvalue weighted by molar-refractivity contribution is 6.05. The predicted molar refractivity (Wildman–Crippen MR) is 80.0 cm³/mol. The zero-order valence-corrected chi connectivity index (χ0v) is 10.7.